The van der Waals surface area contributed by atoms with Gasteiger partial charge < -0.3 is 10.2 Å². The SMILES string of the molecule is Cc1cc(C(=O)N2CCNC(C)(C)C2)nn1C. The molecular formula is C12H20N4O. The van der Waals surface area contributed by atoms with E-state index in [-0.39, 0.29) is 11.4 Å². The number of nitrogens with zero attached hydrogens (tertiary/aromatic N) is 3. The van der Waals surface area contributed by atoms with Gasteiger partial charge in [0.25, 0.3) is 5.91 Å². The fourth-order valence-electron chi connectivity index (χ4n) is 2.14. The van der Waals surface area contributed by atoms with Crippen LogP contribution in [0.3, 0.4) is 0 Å². The summed E-state index contributed by atoms with van der Waals surface area (Å²) >= 11 is 0. The zero-order chi connectivity index (χ0) is 12.6. The van der Waals surface area contributed by atoms with Gasteiger partial charge in [0.1, 0.15) is 0 Å². The maximum Gasteiger partial charge on any atom is 0.274 e. The minimum atomic E-state index is -0.0161. The Morgan fingerprint density at radius 1 is 1.53 bits per heavy atom. The molecular weight excluding hydrogens is 216 g/mol. The van der Waals surface area contributed by atoms with Gasteiger partial charge in [0.05, 0.1) is 0 Å². The maximum absolute atomic E-state index is 12.3. The second-order valence-corrected chi connectivity index (χ2v) is 5.33. The van der Waals surface area contributed by atoms with E-state index in [0.717, 1.165) is 25.3 Å². The van der Waals surface area contributed by atoms with Crippen molar-refractivity contribution in [1.29, 1.82) is 0 Å². The van der Waals surface area contributed by atoms with Crippen LogP contribution in [-0.4, -0.2) is 45.8 Å². The van der Waals surface area contributed by atoms with Gasteiger partial charge in [-0.05, 0) is 26.8 Å². The third-order valence-electron chi connectivity index (χ3n) is 3.19. The zero-order valence-electron chi connectivity index (χ0n) is 10.9. The number of hydrogen-bond donors (Lipinski definition) is 1. The van der Waals surface area contributed by atoms with Crippen LogP contribution in [0.25, 0.3) is 0 Å². The Labute approximate surface area is 102 Å². The van der Waals surface area contributed by atoms with Crippen LogP contribution in [0.2, 0.25) is 0 Å². The predicted octanol–water partition coefficient (Wildman–Crippen LogP) is 0.553. The molecule has 1 N–H and O–H groups in total. The van der Waals surface area contributed by atoms with E-state index >= 15 is 0 Å². The number of hydrogen-bond acceptors (Lipinski definition) is 3. The Balaban J connectivity index is 2.15. The van der Waals surface area contributed by atoms with Crippen molar-refractivity contribution in [2.45, 2.75) is 26.3 Å². The average molecular weight is 236 g/mol. The van der Waals surface area contributed by atoms with Gasteiger partial charge in [-0.25, -0.2) is 0 Å². The van der Waals surface area contributed by atoms with Crippen LogP contribution in [0.5, 0.6) is 0 Å². The molecule has 1 aromatic heterocycles. The van der Waals surface area contributed by atoms with E-state index in [2.05, 4.69) is 24.3 Å². The molecule has 5 heteroatoms. The lowest BCUT2D eigenvalue weighted by atomic mass is 10.0. The van der Waals surface area contributed by atoms with E-state index in [1.165, 1.54) is 0 Å². The normalized spacial score (nSPS) is 19.4. The van der Waals surface area contributed by atoms with E-state index in [1.54, 1.807) is 4.68 Å². The molecule has 2 heterocycles. The number of carbonyl (C=O) groups excluding carboxylic acids is 1. The van der Waals surface area contributed by atoms with Crippen LogP contribution in [0.15, 0.2) is 6.07 Å². The van der Waals surface area contributed by atoms with Gasteiger partial charge in [0, 0.05) is 37.9 Å². The number of nitrogens with one attached hydrogen (secondary N) is 1. The highest BCUT2D eigenvalue weighted by Gasteiger charge is 2.30. The molecule has 0 saturated carbocycles. The van der Waals surface area contributed by atoms with Gasteiger partial charge in [-0.2, -0.15) is 5.10 Å². The molecule has 0 radical (unpaired) electrons. The minimum Gasteiger partial charge on any atom is -0.334 e. The van der Waals surface area contributed by atoms with E-state index < -0.39 is 0 Å². The Morgan fingerprint density at radius 2 is 2.24 bits per heavy atom. The highest BCUT2D eigenvalue weighted by molar-refractivity contribution is 5.92. The molecule has 2 rings (SSSR count). The molecule has 1 aliphatic rings. The molecule has 0 atom stereocenters. The van der Waals surface area contributed by atoms with Crippen molar-refractivity contribution in [3.63, 3.8) is 0 Å². The summed E-state index contributed by atoms with van der Waals surface area (Å²) in [6.07, 6.45) is 0. The molecule has 0 unspecified atom stereocenters. The summed E-state index contributed by atoms with van der Waals surface area (Å²) in [4.78, 5) is 14.1. The van der Waals surface area contributed by atoms with E-state index in [9.17, 15) is 4.79 Å². The van der Waals surface area contributed by atoms with Crippen LogP contribution in [0, 0.1) is 6.92 Å². The summed E-state index contributed by atoms with van der Waals surface area (Å²) in [6, 6.07) is 1.84. The van der Waals surface area contributed by atoms with Crippen molar-refractivity contribution in [1.82, 2.24) is 20.0 Å². The molecule has 0 aromatic carbocycles. The van der Waals surface area contributed by atoms with Crippen LogP contribution < -0.4 is 5.32 Å². The van der Waals surface area contributed by atoms with Crippen molar-refractivity contribution < 1.29 is 4.79 Å². The third kappa shape index (κ3) is 2.49. The van der Waals surface area contributed by atoms with Crippen molar-refractivity contribution in [2.75, 3.05) is 19.6 Å². The highest BCUT2D eigenvalue weighted by Crippen LogP contribution is 2.13. The standard InChI is InChI=1S/C12H20N4O/c1-9-7-10(14-15(9)4)11(17)16-6-5-13-12(2,3)8-16/h7,13H,5-6,8H2,1-4H3. The first-order valence-electron chi connectivity index (χ1n) is 5.94. The first kappa shape index (κ1) is 12.1. The van der Waals surface area contributed by atoms with Crippen LogP contribution in [0.4, 0.5) is 0 Å². The fraction of sp³-hybridized carbons (Fsp3) is 0.667. The maximum atomic E-state index is 12.3. The molecule has 1 fully saturated rings. The van der Waals surface area contributed by atoms with Gasteiger partial charge in [-0.15, -0.1) is 0 Å². The first-order valence-corrected chi connectivity index (χ1v) is 5.94. The first-order chi connectivity index (χ1) is 7.89. The molecule has 0 bridgehead atoms. The number of aromatic nitrogens is 2. The number of rotatable bonds is 1. The van der Waals surface area contributed by atoms with Gasteiger partial charge in [-0.3, -0.25) is 9.48 Å². The Bertz CT molecular complexity index is 416. The van der Waals surface area contributed by atoms with Crippen molar-refractivity contribution in [2.24, 2.45) is 7.05 Å². The van der Waals surface area contributed by atoms with E-state index in [1.807, 2.05) is 24.9 Å². The number of aryl methyl sites for hydroxylation is 2. The molecule has 1 aromatic rings. The lowest BCUT2D eigenvalue weighted by Crippen LogP contribution is -2.58. The van der Waals surface area contributed by atoms with Gasteiger partial charge >= 0.3 is 0 Å². The second kappa shape index (κ2) is 4.14. The third-order valence-corrected chi connectivity index (χ3v) is 3.19. The van der Waals surface area contributed by atoms with Crippen molar-refractivity contribution >= 4 is 5.91 Å². The Kier molecular flexibility index (Phi) is 2.95. The summed E-state index contributed by atoms with van der Waals surface area (Å²) in [5, 5.41) is 7.63. The molecule has 17 heavy (non-hydrogen) atoms. The molecule has 0 aliphatic carbocycles. The van der Waals surface area contributed by atoms with Gasteiger partial charge in [0.15, 0.2) is 5.69 Å². The summed E-state index contributed by atoms with van der Waals surface area (Å²) in [7, 11) is 1.85. The summed E-state index contributed by atoms with van der Waals surface area (Å²) in [5.74, 6) is 0.0308. The lowest BCUT2D eigenvalue weighted by molar-refractivity contribution is 0.0645. The molecule has 1 aliphatic heterocycles. The monoisotopic (exact) mass is 236 g/mol. The largest absolute Gasteiger partial charge is 0.334 e. The van der Waals surface area contributed by atoms with E-state index in [0.29, 0.717) is 5.69 Å². The molecule has 5 nitrogen and oxygen atoms in total. The lowest BCUT2D eigenvalue weighted by Gasteiger charge is -2.38. The second-order valence-electron chi connectivity index (χ2n) is 5.33. The van der Waals surface area contributed by atoms with Crippen LogP contribution >= 0.6 is 0 Å². The van der Waals surface area contributed by atoms with Gasteiger partial charge in [-0.1, -0.05) is 0 Å². The summed E-state index contributed by atoms with van der Waals surface area (Å²) in [6.45, 7) is 8.47. The number of amides is 1. The quantitative estimate of drug-likeness (QED) is 0.775. The highest BCUT2D eigenvalue weighted by atomic mass is 16.2. The predicted molar refractivity (Wildman–Crippen MR) is 65.9 cm³/mol. The average Bonchev–Trinajstić information content (AvgIpc) is 2.57. The number of carbonyl (C=O) groups is 1. The molecule has 94 valence electrons. The molecule has 1 amide bonds. The van der Waals surface area contributed by atoms with Crippen LogP contribution in [-0.2, 0) is 7.05 Å². The van der Waals surface area contributed by atoms with Crippen molar-refractivity contribution in [3.05, 3.63) is 17.5 Å². The number of piperazine rings is 1. The zero-order valence-corrected chi connectivity index (χ0v) is 10.9. The van der Waals surface area contributed by atoms with Crippen molar-refractivity contribution in [3.8, 4) is 0 Å². The Morgan fingerprint density at radius 3 is 2.76 bits per heavy atom. The topological polar surface area (TPSA) is 50.2 Å². The molecule has 0 spiro atoms. The Hall–Kier alpha value is -1.36. The minimum absolute atomic E-state index is 0.0161. The van der Waals surface area contributed by atoms with E-state index in [4.69, 9.17) is 0 Å². The van der Waals surface area contributed by atoms with Gasteiger partial charge in [0.2, 0.25) is 0 Å². The fourth-order valence-corrected chi connectivity index (χ4v) is 2.14. The van der Waals surface area contributed by atoms with Crippen LogP contribution in [0.1, 0.15) is 30.0 Å². The molecule has 1 saturated heterocycles. The summed E-state index contributed by atoms with van der Waals surface area (Å²) < 4.78 is 1.74. The summed E-state index contributed by atoms with van der Waals surface area (Å²) in [5.41, 5.74) is 1.53. The smallest absolute Gasteiger partial charge is 0.274 e.